The molecule has 4 rings (SSSR count). The lowest BCUT2D eigenvalue weighted by atomic mass is 9.43. The maximum Gasteiger partial charge on any atom is 0.302 e. The summed E-state index contributed by atoms with van der Waals surface area (Å²) in [6, 6.07) is 0. The normalized spacial score (nSPS) is 50.1. The molecule has 0 aromatic carbocycles. The van der Waals surface area contributed by atoms with Crippen LogP contribution in [0, 0.1) is 22.7 Å². The molecule has 0 bridgehead atoms. The topological polar surface area (TPSA) is 83.8 Å². The number of carbonyl (C=O) groups is 2. The molecule has 0 radical (unpaired) electrons. The Morgan fingerprint density at radius 3 is 2.43 bits per heavy atom. The Kier molecular flexibility index (Phi) is 4.41. The SMILES string of the molecule is CC(=O)O[C@H]1CC[C@@]2(C)C(=CC[C@@]3(O)[C@H]2CC[C@]2(C)[C@@H](C(C)=O)CC[C@]32O)C1. The lowest BCUT2D eigenvalue weighted by Crippen LogP contribution is -2.71. The molecular weight excluding hydrogens is 356 g/mol. The largest absolute Gasteiger partial charge is 0.462 e. The number of ether oxygens (including phenoxy) is 1. The van der Waals surface area contributed by atoms with Crippen molar-refractivity contribution >= 4 is 11.8 Å². The van der Waals surface area contributed by atoms with Crippen LogP contribution >= 0.6 is 0 Å². The fourth-order valence-corrected chi connectivity index (χ4v) is 7.65. The van der Waals surface area contributed by atoms with E-state index >= 15 is 0 Å². The average Bonchev–Trinajstić information content (AvgIpc) is 2.88. The van der Waals surface area contributed by atoms with Gasteiger partial charge in [0, 0.05) is 24.7 Å². The van der Waals surface area contributed by atoms with Gasteiger partial charge in [-0.1, -0.05) is 25.5 Å². The van der Waals surface area contributed by atoms with Crippen LogP contribution < -0.4 is 0 Å². The average molecular weight is 391 g/mol. The first-order valence-corrected chi connectivity index (χ1v) is 10.8. The third kappa shape index (κ3) is 2.38. The van der Waals surface area contributed by atoms with E-state index in [-0.39, 0.29) is 35.1 Å². The Morgan fingerprint density at radius 2 is 1.79 bits per heavy atom. The number of hydrogen-bond acceptors (Lipinski definition) is 5. The van der Waals surface area contributed by atoms with Crippen LogP contribution in [0.5, 0.6) is 0 Å². The van der Waals surface area contributed by atoms with Gasteiger partial charge in [-0.2, -0.15) is 0 Å². The highest BCUT2D eigenvalue weighted by Crippen LogP contribution is 2.69. The van der Waals surface area contributed by atoms with Gasteiger partial charge in [0.1, 0.15) is 17.5 Å². The van der Waals surface area contributed by atoms with E-state index in [0.29, 0.717) is 25.7 Å². The van der Waals surface area contributed by atoms with Gasteiger partial charge in [-0.25, -0.2) is 0 Å². The van der Waals surface area contributed by atoms with Crippen molar-refractivity contribution in [2.45, 2.75) is 96.4 Å². The Morgan fingerprint density at radius 1 is 1.07 bits per heavy atom. The van der Waals surface area contributed by atoms with E-state index in [9.17, 15) is 19.8 Å². The molecule has 3 saturated carbocycles. The van der Waals surface area contributed by atoms with Crippen molar-refractivity contribution < 1.29 is 24.5 Å². The van der Waals surface area contributed by atoms with Gasteiger partial charge in [0.15, 0.2) is 0 Å². The summed E-state index contributed by atoms with van der Waals surface area (Å²) in [6.45, 7) is 7.29. The minimum Gasteiger partial charge on any atom is -0.462 e. The summed E-state index contributed by atoms with van der Waals surface area (Å²) in [5.41, 5.74) is -1.96. The molecule has 0 saturated heterocycles. The van der Waals surface area contributed by atoms with E-state index in [2.05, 4.69) is 13.0 Å². The number of ketones is 1. The molecule has 4 aliphatic rings. The van der Waals surface area contributed by atoms with Gasteiger partial charge >= 0.3 is 5.97 Å². The number of carbonyl (C=O) groups excluding carboxylic acids is 2. The molecule has 0 aromatic heterocycles. The number of Topliss-reactive ketones (excluding diaryl/α,β-unsaturated/α-hetero) is 1. The van der Waals surface area contributed by atoms with E-state index in [0.717, 1.165) is 25.7 Å². The lowest BCUT2D eigenvalue weighted by molar-refractivity contribution is -0.271. The molecule has 0 aromatic rings. The highest BCUT2D eigenvalue weighted by atomic mass is 16.5. The number of hydrogen-bond donors (Lipinski definition) is 2. The van der Waals surface area contributed by atoms with Gasteiger partial charge in [0.2, 0.25) is 0 Å². The van der Waals surface area contributed by atoms with Crippen molar-refractivity contribution in [2.24, 2.45) is 22.7 Å². The molecule has 4 aliphatic carbocycles. The van der Waals surface area contributed by atoms with Gasteiger partial charge in [0.05, 0.1) is 5.60 Å². The zero-order valence-corrected chi connectivity index (χ0v) is 17.6. The monoisotopic (exact) mass is 390 g/mol. The van der Waals surface area contributed by atoms with Crippen molar-refractivity contribution in [3.8, 4) is 0 Å². The van der Waals surface area contributed by atoms with Crippen molar-refractivity contribution in [1.29, 1.82) is 0 Å². The molecule has 3 fully saturated rings. The summed E-state index contributed by atoms with van der Waals surface area (Å²) in [5.74, 6) is -0.339. The fourth-order valence-electron chi connectivity index (χ4n) is 7.65. The molecule has 7 atom stereocenters. The molecule has 0 amide bonds. The van der Waals surface area contributed by atoms with Crippen molar-refractivity contribution in [3.05, 3.63) is 11.6 Å². The van der Waals surface area contributed by atoms with Gasteiger partial charge in [0.25, 0.3) is 0 Å². The first-order valence-electron chi connectivity index (χ1n) is 10.8. The molecule has 0 unspecified atom stereocenters. The van der Waals surface area contributed by atoms with Crippen LogP contribution in [0.3, 0.4) is 0 Å². The van der Waals surface area contributed by atoms with Crippen LogP contribution in [0.2, 0.25) is 0 Å². The van der Waals surface area contributed by atoms with Crippen molar-refractivity contribution in [2.75, 3.05) is 0 Å². The summed E-state index contributed by atoms with van der Waals surface area (Å²) in [5, 5.41) is 23.9. The minimum absolute atomic E-state index is 0.0398. The zero-order chi connectivity index (χ0) is 20.5. The quantitative estimate of drug-likeness (QED) is 0.558. The molecule has 28 heavy (non-hydrogen) atoms. The van der Waals surface area contributed by atoms with Crippen LogP contribution in [0.25, 0.3) is 0 Å². The highest BCUT2D eigenvalue weighted by Gasteiger charge is 2.73. The molecule has 5 heteroatoms. The number of fused-ring (bicyclic) bond motifs is 5. The second-order valence-corrected chi connectivity index (χ2v) is 10.3. The first kappa shape index (κ1) is 20.1. The van der Waals surface area contributed by atoms with Crippen LogP contribution in [0.4, 0.5) is 0 Å². The van der Waals surface area contributed by atoms with E-state index in [4.69, 9.17) is 4.74 Å². The second-order valence-electron chi connectivity index (χ2n) is 10.3. The predicted molar refractivity (Wildman–Crippen MR) is 104 cm³/mol. The minimum atomic E-state index is -1.24. The number of esters is 1. The third-order valence-electron chi connectivity index (χ3n) is 9.17. The standard InChI is InChI=1S/C23H34O5/c1-14(24)18-7-12-23(27)21(18,4)10-8-19-20(3)9-6-17(28-15(2)25)13-16(20)5-11-22(19,23)26/h5,17-19,26-27H,6-13H2,1-4H3/t17-,18+,19-,20-,21+,22+,23+/m0/s1. The van der Waals surface area contributed by atoms with Crippen LogP contribution in [-0.2, 0) is 14.3 Å². The fraction of sp³-hybridized carbons (Fsp3) is 0.826. The Bertz CT molecular complexity index is 743. The van der Waals surface area contributed by atoms with E-state index in [1.807, 2.05) is 6.92 Å². The molecular formula is C23H34O5. The summed E-state index contributed by atoms with van der Waals surface area (Å²) < 4.78 is 5.46. The molecule has 5 nitrogen and oxygen atoms in total. The van der Waals surface area contributed by atoms with Crippen LogP contribution in [0.15, 0.2) is 11.6 Å². The smallest absolute Gasteiger partial charge is 0.302 e. The molecule has 0 heterocycles. The second kappa shape index (κ2) is 6.15. The zero-order valence-electron chi connectivity index (χ0n) is 17.6. The molecule has 156 valence electrons. The van der Waals surface area contributed by atoms with Gasteiger partial charge in [-0.15, -0.1) is 0 Å². The van der Waals surface area contributed by atoms with Gasteiger partial charge in [-0.3, -0.25) is 9.59 Å². The van der Waals surface area contributed by atoms with Crippen LogP contribution in [0.1, 0.15) is 79.1 Å². The van der Waals surface area contributed by atoms with E-state index < -0.39 is 16.6 Å². The lowest BCUT2D eigenvalue weighted by Gasteiger charge is -2.65. The highest BCUT2D eigenvalue weighted by molar-refractivity contribution is 5.80. The Labute approximate surface area is 167 Å². The van der Waals surface area contributed by atoms with Gasteiger partial charge < -0.3 is 14.9 Å². The first-order chi connectivity index (χ1) is 13.0. The molecule has 2 N–H and O–H groups in total. The predicted octanol–water partition coefficient (Wildman–Crippen LogP) is 3.32. The maximum absolute atomic E-state index is 12.3. The summed E-state index contributed by atoms with van der Waals surface area (Å²) >= 11 is 0. The van der Waals surface area contributed by atoms with Crippen LogP contribution in [-0.4, -0.2) is 39.3 Å². The molecule has 0 aliphatic heterocycles. The van der Waals surface area contributed by atoms with Crippen molar-refractivity contribution in [1.82, 2.24) is 0 Å². The maximum atomic E-state index is 12.3. The molecule has 0 spiro atoms. The summed E-state index contributed by atoms with van der Waals surface area (Å²) in [4.78, 5) is 23.7. The van der Waals surface area contributed by atoms with Gasteiger partial charge in [-0.05, 0) is 63.2 Å². The van der Waals surface area contributed by atoms with E-state index in [1.54, 1.807) is 6.92 Å². The Hall–Kier alpha value is -1.20. The summed E-state index contributed by atoms with van der Waals surface area (Å²) in [6.07, 6.45) is 7.46. The summed E-state index contributed by atoms with van der Waals surface area (Å²) in [7, 11) is 0. The third-order valence-corrected chi connectivity index (χ3v) is 9.17. The Balaban J connectivity index is 1.70. The number of rotatable bonds is 2. The van der Waals surface area contributed by atoms with E-state index in [1.165, 1.54) is 12.5 Å². The van der Waals surface area contributed by atoms with Crippen molar-refractivity contribution in [3.63, 3.8) is 0 Å². The number of aliphatic hydroxyl groups is 2.